The number of para-hydroxylation sites is 2. The van der Waals surface area contributed by atoms with Gasteiger partial charge in [-0.25, -0.2) is 10.2 Å². The minimum Gasteiger partial charge on any atom is -0.478 e. The number of hydrogen-bond acceptors (Lipinski definition) is 7. The van der Waals surface area contributed by atoms with Gasteiger partial charge in [-0.3, -0.25) is 14.9 Å². The van der Waals surface area contributed by atoms with Gasteiger partial charge in [0.2, 0.25) is 0 Å². The number of benzene rings is 2. The van der Waals surface area contributed by atoms with E-state index in [0.717, 1.165) is 0 Å². The van der Waals surface area contributed by atoms with Crippen molar-refractivity contribution in [2.75, 3.05) is 6.61 Å². The van der Waals surface area contributed by atoms with Gasteiger partial charge in [-0.1, -0.05) is 24.3 Å². The first-order chi connectivity index (χ1) is 14.4. The van der Waals surface area contributed by atoms with Gasteiger partial charge < -0.3 is 14.3 Å². The van der Waals surface area contributed by atoms with Crippen LogP contribution in [0.1, 0.15) is 16.1 Å². The van der Waals surface area contributed by atoms with Crippen LogP contribution < -0.4 is 10.2 Å². The van der Waals surface area contributed by atoms with E-state index in [-0.39, 0.29) is 17.0 Å². The summed E-state index contributed by atoms with van der Waals surface area (Å²) < 4.78 is 10.7. The van der Waals surface area contributed by atoms with Gasteiger partial charge >= 0.3 is 11.7 Å². The Labute approximate surface area is 169 Å². The average Bonchev–Trinajstić information content (AvgIpc) is 3.21. The van der Waals surface area contributed by atoms with Gasteiger partial charge in [-0.05, 0) is 30.3 Å². The van der Waals surface area contributed by atoms with Gasteiger partial charge in [0.15, 0.2) is 12.4 Å². The summed E-state index contributed by atoms with van der Waals surface area (Å²) in [6, 6.07) is 15.2. The number of nitrogens with one attached hydrogen (secondary N) is 1. The molecule has 2 aromatic carbocycles. The standard InChI is InChI=1S/C20H15N3O7/c24-19(12-29-18-7-2-1-6-16(18)23(27)28)22-21-11-15-8-9-17(30-15)13-4-3-5-14(10-13)20(25)26/h1-11H,12H2,(H,22,24)(H,25,26)/b21-11+. The van der Waals surface area contributed by atoms with Crippen LogP contribution in [0, 0.1) is 10.1 Å². The van der Waals surface area contributed by atoms with E-state index in [0.29, 0.717) is 17.1 Å². The molecule has 30 heavy (non-hydrogen) atoms. The molecular weight excluding hydrogens is 394 g/mol. The summed E-state index contributed by atoms with van der Waals surface area (Å²) in [7, 11) is 0. The monoisotopic (exact) mass is 409 g/mol. The van der Waals surface area contributed by atoms with Gasteiger partial charge in [0.05, 0.1) is 16.7 Å². The molecule has 10 heteroatoms. The first-order valence-corrected chi connectivity index (χ1v) is 8.56. The molecule has 0 fully saturated rings. The third-order valence-electron chi connectivity index (χ3n) is 3.82. The molecule has 1 heterocycles. The topological polar surface area (TPSA) is 144 Å². The number of carboxylic acids is 1. The first-order valence-electron chi connectivity index (χ1n) is 8.56. The maximum atomic E-state index is 11.8. The number of furan rings is 1. The molecule has 0 atom stereocenters. The zero-order valence-corrected chi connectivity index (χ0v) is 15.3. The molecule has 3 rings (SSSR count). The van der Waals surface area contributed by atoms with Crippen molar-refractivity contribution >= 4 is 23.8 Å². The number of hydrazone groups is 1. The fourth-order valence-electron chi connectivity index (χ4n) is 2.46. The number of carboxylic acid groups (broad SMARTS) is 1. The molecule has 10 nitrogen and oxygen atoms in total. The quantitative estimate of drug-likeness (QED) is 0.330. The Morgan fingerprint density at radius 1 is 1.17 bits per heavy atom. The molecule has 0 aliphatic heterocycles. The third kappa shape index (κ3) is 5.07. The number of carbonyl (C=O) groups is 2. The lowest BCUT2D eigenvalue weighted by atomic mass is 10.1. The zero-order valence-electron chi connectivity index (χ0n) is 15.3. The lowest BCUT2D eigenvalue weighted by Crippen LogP contribution is -2.24. The van der Waals surface area contributed by atoms with E-state index in [9.17, 15) is 19.7 Å². The number of nitro groups is 1. The van der Waals surface area contributed by atoms with E-state index < -0.39 is 23.4 Å². The highest BCUT2D eigenvalue weighted by atomic mass is 16.6. The Morgan fingerprint density at radius 3 is 2.73 bits per heavy atom. The van der Waals surface area contributed by atoms with Crippen LogP contribution in [0.3, 0.4) is 0 Å². The molecule has 1 amide bonds. The lowest BCUT2D eigenvalue weighted by molar-refractivity contribution is -0.385. The van der Waals surface area contributed by atoms with Crippen LogP contribution in [0.25, 0.3) is 11.3 Å². The van der Waals surface area contributed by atoms with Gasteiger partial charge in [0.1, 0.15) is 11.5 Å². The van der Waals surface area contributed by atoms with Crippen molar-refractivity contribution in [3.63, 3.8) is 0 Å². The molecule has 2 N–H and O–H groups in total. The van der Waals surface area contributed by atoms with Crippen LogP contribution in [0.5, 0.6) is 5.75 Å². The van der Waals surface area contributed by atoms with Crippen LogP contribution in [0.2, 0.25) is 0 Å². The number of amides is 1. The number of hydrogen-bond donors (Lipinski definition) is 2. The molecule has 152 valence electrons. The predicted molar refractivity (Wildman–Crippen MR) is 105 cm³/mol. The molecular formula is C20H15N3O7. The molecule has 3 aromatic rings. The molecule has 0 radical (unpaired) electrons. The first kappa shape index (κ1) is 20.3. The van der Waals surface area contributed by atoms with Gasteiger partial charge in [-0.15, -0.1) is 0 Å². The summed E-state index contributed by atoms with van der Waals surface area (Å²) in [5.41, 5.74) is 2.68. The number of ether oxygens (including phenoxy) is 1. The molecule has 0 aliphatic rings. The lowest BCUT2D eigenvalue weighted by Gasteiger charge is -2.05. The van der Waals surface area contributed by atoms with Crippen molar-refractivity contribution in [3.05, 3.63) is 82.1 Å². The molecule has 0 unspecified atom stereocenters. The van der Waals surface area contributed by atoms with Crippen molar-refractivity contribution in [2.24, 2.45) is 5.10 Å². The molecule has 0 saturated carbocycles. The SMILES string of the molecule is O=C(COc1ccccc1[N+](=O)[O-])N/N=C/c1ccc(-c2cccc(C(=O)O)c2)o1. The van der Waals surface area contributed by atoms with Crippen molar-refractivity contribution in [1.29, 1.82) is 0 Å². The Kier molecular flexibility index (Phi) is 6.18. The third-order valence-corrected chi connectivity index (χ3v) is 3.82. The highest BCUT2D eigenvalue weighted by Gasteiger charge is 2.14. The molecule has 0 saturated heterocycles. The number of nitro benzene ring substituents is 1. The van der Waals surface area contributed by atoms with Crippen molar-refractivity contribution < 1.29 is 28.8 Å². The van der Waals surface area contributed by atoms with Crippen LogP contribution in [-0.2, 0) is 4.79 Å². The number of aromatic carboxylic acids is 1. The van der Waals surface area contributed by atoms with E-state index in [1.807, 2.05) is 0 Å². The maximum absolute atomic E-state index is 11.8. The van der Waals surface area contributed by atoms with E-state index in [2.05, 4.69) is 10.5 Å². The summed E-state index contributed by atoms with van der Waals surface area (Å²) in [4.78, 5) is 33.2. The fourth-order valence-corrected chi connectivity index (χ4v) is 2.46. The number of carbonyl (C=O) groups excluding carboxylic acids is 1. The van der Waals surface area contributed by atoms with Crippen LogP contribution in [0.15, 0.2) is 70.2 Å². The van der Waals surface area contributed by atoms with Crippen molar-refractivity contribution in [3.8, 4) is 17.1 Å². The maximum Gasteiger partial charge on any atom is 0.335 e. The minimum atomic E-state index is -1.05. The summed E-state index contributed by atoms with van der Waals surface area (Å²) in [6.45, 7) is -0.465. The van der Waals surface area contributed by atoms with Crippen LogP contribution in [0.4, 0.5) is 5.69 Å². The Bertz CT molecular complexity index is 1120. The van der Waals surface area contributed by atoms with E-state index >= 15 is 0 Å². The van der Waals surface area contributed by atoms with Gasteiger partial charge in [0, 0.05) is 11.6 Å². The summed E-state index contributed by atoms with van der Waals surface area (Å²) in [5, 5.41) is 23.7. The summed E-state index contributed by atoms with van der Waals surface area (Å²) in [6.07, 6.45) is 1.26. The van der Waals surface area contributed by atoms with E-state index in [4.69, 9.17) is 14.3 Å². The van der Waals surface area contributed by atoms with E-state index in [1.54, 1.807) is 30.3 Å². The minimum absolute atomic E-state index is 0.0269. The molecule has 0 bridgehead atoms. The molecule has 1 aromatic heterocycles. The van der Waals surface area contributed by atoms with E-state index in [1.165, 1.54) is 36.5 Å². The fraction of sp³-hybridized carbons (Fsp3) is 0.0500. The van der Waals surface area contributed by atoms with Gasteiger partial charge in [0.25, 0.3) is 5.91 Å². The summed E-state index contributed by atoms with van der Waals surface area (Å²) >= 11 is 0. The molecule has 0 aliphatic carbocycles. The Morgan fingerprint density at radius 2 is 1.97 bits per heavy atom. The summed E-state index contributed by atoms with van der Waals surface area (Å²) in [5.74, 6) is -0.932. The largest absolute Gasteiger partial charge is 0.478 e. The highest BCUT2D eigenvalue weighted by Crippen LogP contribution is 2.25. The number of rotatable bonds is 8. The van der Waals surface area contributed by atoms with Crippen molar-refractivity contribution in [2.45, 2.75) is 0 Å². The second-order valence-electron chi connectivity index (χ2n) is 5.89. The van der Waals surface area contributed by atoms with Crippen molar-refractivity contribution in [1.82, 2.24) is 5.43 Å². The van der Waals surface area contributed by atoms with Gasteiger partial charge in [-0.2, -0.15) is 5.10 Å². The number of nitrogens with zero attached hydrogens (tertiary/aromatic N) is 2. The predicted octanol–water partition coefficient (Wildman–Crippen LogP) is 3.08. The highest BCUT2D eigenvalue weighted by molar-refractivity contribution is 5.89. The Hall–Kier alpha value is -4.47. The van der Waals surface area contributed by atoms with Crippen LogP contribution in [-0.4, -0.2) is 34.7 Å². The normalized spacial score (nSPS) is 10.7. The molecule has 0 spiro atoms. The second-order valence-corrected chi connectivity index (χ2v) is 5.89. The average molecular weight is 409 g/mol. The second kappa shape index (κ2) is 9.15. The smallest absolute Gasteiger partial charge is 0.335 e. The Balaban J connectivity index is 1.56. The van der Waals surface area contributed by atoms with Crippen LogP contribution >= 0.6 is 0 Å². The zero-order chi connectivity index (χ0) is 21.5.